The number of alkyl halides is 3. The summed E-state index contributed by atoms with van der Waals surface area (Å²) < 4.78 is 66.7. The number of nitrogens with zero attached hydrogens (tertiary/aromatic N) is 3. The Hall–Kier alpha value is -2.66. The van der Waals surface area contributed by atoms with E-state index in [9.17, 15) is 31.5 Å². The Morgan fingerprint density at radius 3 is 2.47 bits per heavy atom. The highest BCUT2D eigenvalue weighted by Gasteiger charge is 2.33. The van der Waals surface area contributed by atoms with E-state index in [1.54, 1.807) is 24.9 Å². The molecule has 7 nitrogen and oxygen atoms in total. The predicted molar refractivity (Wildman–Crippen MR) is 121 cm³/mol. The number of likely N-dealkylation sites (N-methyl/N-ethyl adjacent to an activating group) is 2. The molecule has 1 N–H and O–H groups in total. The minimum absolute atomic E-state index is 0.0337. The molecule has 3 rings (SSSR count). The second kappa shape index (κ2) is 9.91. The Bertz CT molecular complexity index is 1140. The molecule has 0 saturated heterocycles. The van der Waals surface area contributed by atoms with Gasteiger partial charge in [-0.2, -0.15) is 17.5 Å². The summed E-state index contributed by atoms with van der Waals surface area (Å²) in [5.74, 6) is -1.40. The van der Waals surface area contributed by atoms with E-state index in [0.717, 1.165) is 17.8 Å². The molecule has 0 saturated carbocycles. The molecule has 34 heavy (non-hydrogen) atoms. The number of aryl methyl sites for hydroxylation is 1. The third-order valence-corrected chi connectivity index (χ3v) is 8.29. The number of benzene rings is 1. The Kier molecular flexibility index (Phi) is 7.56. The number of hydrogen-bond donors (Lipinski definition) is 1. The molecule has 1 heterocycles. The molecule has 1 aromatic heterocycles. The lowest BCUT2D eigenvalue weighted by Gasteiger charge is -2.32. The van der Waals surface area contributed by atoms with Crippen molar-refractivity contribution in [2.24, 2.45) is 0 Å². The van der Waals surface area contributed by atoms with Gasteiger partial charge >= 0.3 is 12.1 Å². The standard InChI is InChI=1S/C23H28F3N3O4S/c1-4-17(28(3)21-11-8-16(13-27-21)23(24,25)26)14-29(5-2)34(32,33)18-9-6-15-7-10-19(22(30)31)20(15)12-18/h6,8-9,11-13,17,19H,4-5,7,10,14H2,1-3H3,(H,30,31). The zero-order valence-corrected chi connectivity index (χ0v) is 20.0. The van der Waals surface area contributed by atoms with Crippen molar-refractivity contribution in [2.75, 3.05) is 25.0 Å². The SMILES string of the molecule is CCC(CN(CC)S(=O)(=O)c1ccc2c(c1)C(C(=O)O)CC2)N(C)c1ccc(C(F)(F)F)cn1. The first kappa shape index (κ1) is 26.0. The quantitative estimate of drug-likeness (QED) is 0.558. The van der Waals surface area contributed by atoms with Gasteiger partial charge in [-0.3, -0.25) is 4.79 Å². The molecular formula is C23H28F3N3O4S. The van der Waals surface area contributed by atoms with Crippen LogP contribution >= 0.6 is 0 Å². The van der Waals surface area contributed by atoms with E-state index in [2.05, 4.69) is 4.98 Å². The van der Waals surface area contributed by atoms with Gasteiger partial charge in [0.05, 0.1) is 16.4 Å². The van der Waals surface area contributed by atoms with Gasteiger partial charge < -0.3 is 10.0 Å². The van der Waals surface area contributed by atoms with Gasteiger partial charge in [-0.25, -0.2) is 13.4 Å². The van der Waals surface area contributed by atoms with E-state index in [1.807, 2.05) is 6.92 Å². The number of hydrogen-bond acceptors (Lipinski definition) is 5. The Balaban J connectivity index is 1.84. The van der Waals surface area contributed by atoms with Crippen molar-refractivity contribution < 1.29 is 31.5 Å². The lowest BCUT2D eigenvalue weighted by Crippen LogP contribution is -2.44. The maximum Gasteiger partial charge on any atom is 0.417 e. The average molecular weight is 500 g/mol. The molecule has 11 heteroatoms. The minimum Gasteiger partial charge on any atom is -0.481 e. The molecule has 1 aromatic carbocycles. The van der Waals surface area contributed by atoms with Crippen LogP contribution in [0, 0.1) is 0 Å². The zero-order valence-electron chi connectivity index (χ0n) is 19.2. The van der Waals surface area contributed by atoms with Gasteiger partial charge in [0.1, 0.15) is 5.82 Å². The first-order valence-corrected chi connectivity index (χ1v) is 12.5. The molecule has 2 atom stereocenters. The Labute approximate surface area is 197 Å². The molecular weight excluding hydrogens is 471 g/mol. The van der Waals surface area contributed by atoms with Crippen LogP contribution < -0.4 is 4.90 Å². The third kappa shape index (κ3) is 5.20. The fraction of sp³-hybridized carbons (Fsp3) is 0.478. The van der Waals surface area contributed by atoms with Gasteiger partial charge in [0.2, 0.25) is 10.0 Å². The van der Waals surface area contributed by atoms with Crippen molar-refractivity contribution in [2.45, 2.75) is 56.1 Å². The molecule has 186 valence electrons. The molecule has 0 fully saturated rings. The van der Waals surface area contributed by atoms with E-state index in [4.69, 9.17) is 0 Å². The second-order valence-corrected chi connectivity index (χ2v) is 10.3. The normalized spacial score (nSPS) is 17.0. The van der Waals surface area contributed by atoms with E-state index < -0.39 is 33.7 Å². The maximum absolute atomic E-state index is 13.4. The molecule has 0 bridgehead atoms. The largest absolute Gasteiger partial charge is 0.481 e. The number of halogens is 3. The fourth-order valence-corrected chi connectivity index (χ4v) is 5.78. The average Bonchev–Trinajstić information content (AvgIpc) is 3.22. The Morgan fingerprint density at radius 2 is 1.94 bits per heavy atom. The molecule has 0 spiro atoms. The van der Waals surface area contributed by atoms with Gasteiger partial charge in [0.25, 0.3) is 0 Å². The van der Waals surface area contributed by atoms with Gasteiger partial charge in [-0.05, 0) is 54.7 Å². The summed E-state index contributed by atoms with van der Waals surface area (Å²) in [7, 11) is -2.26. The van der Waals surface area contributed by atoms with Crippen LogP contribution in [-0.4, -0.2) is 55.0 Å². The van der Waals surface area contributed by atoms with Gasteiger partial charge in [-0.15, -0.1) is 0 Å². The minimum atomic E-state index is -4.49. The van der Waals surface area contributed by atoms with Crippen LogP contribution in [-0.2, 0) is 27.4 Å². The van der Waals surface area contributed by atoms with Gasteiger partial charge in [0.15, 0.2) is 0 Å². The smallest absolute Gasteiger partial charge is 0.417 e. The molecule has 1 aliphatic rings. The lowest BCUT2D eigenvalue weighted by molar-refractivity contribution is -0.139. The number of anilines is 1. The fourth-order valence-electron chi connectivity index (χ4n) is 4.25. The van der Waals surface area contributed by atoms with Crippen LogP contribution in [0.3, 0.4) is 0 Å². The molecule has 0 radical (unpaired) electrons. The van der Waals surface area contributed by atoms with Crippen molar-refractivity contribution in [1.29, 1.82) is 0 Å². The summed E-state index contributed by atoms with van der Waals surface area (Å²) in [6.07, 6.45) is -2.18. The lowest BCUT2D eigenvalue weighted by atomic mass is 10.0. The summed E-state index contributed by atoms with van der Waals surface area (Å²) in [5, 5.41) is 9.46. The molecule has 0 aliphatic heterocycles. The van der Waals surface area contributed by atoms with Crippen LogP contribution in [0.25, 0.3) is 0 Å². The molecule has 2 unspecified atom stereocenters. The number of sulfonamides is 1. The summed E-state index contributed by atoms with van der Waals surface area (Å²) in [5.41, 5.74) is 0.517. The zero-order chi connectivity index (χ0) is 25.3. The van der Waals surface area contributed by atoms with Crippen LogP contribution in [0.4, 0.5) is 19.0 Å². The van der Waals surface area contributed by atoms with Crippen molar-refractivity contribution in [3.8, 4) is 0 Å². The van der Waals surface area contributed by atoms with Crippen molar-refractivity contribution in [3.05, 3.63) is 53.2 Å². The molecule has 0 amide bonds. The van der Waals surface area contributed by atoms with Crippen molar-refractivity contribution >= 4 is 21.8 Å². The number of rotatable bonds is 9. The number of aromatic nitrogens is 1. The summed E-state index contributed by atoms with van der Waals surface area (Å²) in [6, 6.07) is 6.51. The highest BCUT2D eigenvalue weighted by atomic mass is 32.2. The van der Waals surface area contributed by atoms with Crippen molar-refractivity contribution in [3.63, 3.8) is 0 Å². The van der Waals surface area contributed by atoms with Crippen molar-refractivity contribution in [1.82, 2.24) is 9.29 Å². The number of aliphatic carboxylic acids is 1. The molecule has 1 aliphatic carbocycles. The van der Waals surface area contributed by atoms with Gasteiger partial charge in [0, 0.05) is 32.4 Å². The van der Waals surface area contributed by atoms with Crippen LogP contribution in [0.2, 0.25) is 0 Å². The number of carboxylic acids is 1. The summed E-state index contributed by atoms with van der Waals surface area (Å²) in [4.78, 5) is 17.2. The number of carboxylic acid groups (broad SMARTS) is 1. The summed E-state index contributed by atoms with van der Waals surface area (Å²) in [6.45, 7) is 3.83. The number of fused-ring (bicyclic) bond motifs is 1. The van der Waals surface area contributed by atoms with E-state index in [0.29, 0.717) is 30.6 Å². The van der Waals surface area contributed by atoms with E-state index in [1.165, 1.54) is 22.5 Å². The first-order chi connectivity index (χ1) is 15.9. The number of pyridine rings is 1. The highest BCUT2D eigenvalue weighted by molar-refractivity contribution is 7.89. The predicted octanol–water partition coefficient (Wildman–Crippen LogP) is 4.14. The monoisotopic (exact) mass is 499 g/mol. The summed E-state index contributed by atoms with van der Waals surface area (Å²) >= 11 is 0. The van der Waals surface area contributed by atoms with Crippen LogP contribution in [0.1, 0.15) is 49.3 Å². The third-order valence-electron chi connectivity index (χ3n) is 6.35. The maximum atomic E-state index is 13.4. The van der Waals surface area contributed by atoms with Crippen LogP contribution in [0.5, 0.6) is 0 Å². The topological polar surface area (TPSA) is 90.8 Å². The van der Waals surface area contributed by atoms with Gasteiger partial charge in [-0.1, -0.05) is 19.9 Å². The number of carbonyl (C=O) groups is 1. The second-order valence-electron chi connectivity index (χ2n) is 8.32. The Morgan fingerprint density at radius 1 is 1.24 bits per heavy atom. The van der Waals surface area contributed by atoms with E-state index in [-0.39, 0.29) is 24.0 Å². The molecule has 2 aromatic rings. The first-order valence-electron chi connectivity index (χ1n) is 11.0. The van der Waals surface area contributed by atoms with E-state index >= 15 is 0 Å². The highest BCUT2D eigenvalue weighted by Crippen LogP contribution is 2.35. The van der Waals surface area contributed by atoms with Crippen LogP contribution in [0.15, 0.2) is 41.4 Å².